The van der Waals surface area contributed by atoms with Crippen molar-refractivity contribution in [3.8, 4) is 22.6 Å². The molecule has 0 saturated carbocycles. The highest BCUT2D eigenvalue weighted by molar-refractivity contribution is 6.09. The first kappa shape index (κ1) is 19.8. The van der Waals surface area contributed by atoms with Crippen molar-refractivity contribution in [2.45, 2.75) is 26.2 Å². The topological polar surface area (TPSA) is 66.8 Å². The van der Waals surface area contributed by atoms with E-state index in [4.69, 9.17) is 4.74 Å². The summed E-state index contributed by atoms with van der Waals surface area (Å²) in [6, 6.07) is 21.0. The molecule has 0 aliphatic rings. The number of aryl methyl sites for hydroxylation is 1. The average molecular weight is 400 g/mol. The van der Waals surface area contributed by atoms with Gasteiger partial charge in [-0.05, 0) is 59.0 Å². The summed E-state index contributed by atoms with van der Waals surface area (Å²) < 4.78 is 4.98. The number of benzene rings is 4. The SMILES string of the molecule is CCOC(=O)CCCc1ccc2c(-c3c(O)ccc4ccccc34)c(O)ccc2c1. The van der Waals surface area contributed by atoms with Crippen molar-refractivity contribution in [3.05, 3.63) is 72.3 Å². The highest BCUT2D eigenvalue weighted by atomic mass is 16.5. The van der Waals surface area contributed by atoms with Gasteiger partial charge in [-0.25, -0.2) is 0 Å². The first-order chi connectivity index (χ1) is 14.6. The Hall–Kier alpha value is -3.53. The van der Waals surface area contributed by atoms with Gasteiger partial charge >= 0.3 is 5.97 Å². The van der Waals surface area contributed by atoms with E-state index in [1.807, 2.05) is 55.5 Å². The van der Waals surface area contributed by atoms with Crippen molar-refractivity contribution >= 4 is 27.5 Å². The van der Waals surface area contributed by atoms with Gasteiger partial charge in [0.15, 0.2) is 0 Å². The molecule has 0 fully saturated rings. The molecule has 0 spiro atoms. The second-order valence-electron chi connectivity index (χ2n) is 7.35. The maximum absolute atomic E-state index is 11.5. The van der Waals surface area contributed by atoms with Crippen LogP contribution in [0.15, 0.2) is 66.7 Å². The van der Waals surface area contributed by atoms with E-state index in [9.17, 15) is 15.0 Å². The minimum absolute atomic E-state index is 0.129. The van der Waals surface area contributed by atoms with E-state index in [0.29, 0.717) is 24.2 Å². The fraction of sp³-hybridized carbons (Fsp3) is 0.192. The molecular formula is C26H24O4. The quantitative estimate of drug-likeness (QED) is 0.392. The minimum Gasteiger partial charge on any atom is -0.507 e. The zero-order valence-corrected chi connectivity index (χ0v) is 16.9. The molecule has 0 aromatic heterocycles. The van der Waals surface area contributed by atoms with Crippen molar-refractivity contribution in [1.82, 2.24) is 0 Å². The molecule has 0 amide bonds. The van der Waals surface area contributed by atoms with Gasteiger partial charge in [0.2, 0.25) is 0 Å². The number of hydrogen-bond acceptors (Lipinski definition) is 4. The van der Waals surface area contributed by atoms with Crippen LogP contribution in [0.4, 0.5) is 0 Å². The zero-order chi connectivity index (χ0) is 21.1. The van der Waals surface area contributed by atoms with Crippen molar-refractivity contribution < 1.29 is 19.7 Å². The number of fused-ring (bicyclic) bond motifs is 2. The van der Waals surface area contributed by atoms with Gasteiger partial charge in [-0.2, -0.15) is 0 Å². The Kier molecular flexibility index (Phi) is 5.57. The van der Waals surface area contributed by atoms with Crippen LogP contribution in [0, 0.1) is 0 Å². The molecule has 0 heterocycles. The largest absolute Gasteiger partial charge is 0.507 e. The molecule has 0 atom stereocenters. The first-order valence-corrected chi connectivity index (χ1v) is 10.2. The van der Waals surface area contributed by atoms with Crippen LogP contribution in [0.25, 0.3) is 32.7 Å². The van der Waals surface area contributed by atoms with Crippen LogP contribution in [0.3, 0.4) is 0 Å². The van der Waals surface area contributed by atoms with Gasteiger partial charge in [0, 0.05) is 17.5 Å². The van der Waals surface area contributed by atoms with Crippen LogP contribution in [0.1, 0.15) is 25.3 Å². The van der Waals surface area contributed by atoms with Gasteiger partial charge in [-0.15, -0.1) is 0 Å². The number of esters is 1. The Balaban J connectivity index is 1.75. The summed E-state index contributed by atoms with van der Waals surface area (Å²) in [6.07, 6.45) is 1.89. The number of rotatable bonds is 6. The Bertz CT molecular complexity index is 1230. The van der Waals surface area contributed by atoms with E-state index in [0.717, 1.165) is 39.9 Å². The molecule has 0 unspecified atom stereocenters. The molecule has 0 radical (unpaired) electrons. The smallest absolute Gasteiger partial charge is 0.305 e. The maximum atomic E-state index is 11.5. The highest BCUT2D eigenvalue weighted by Crippen LogP contribution is 2.44. The van der Waals surface area contributed by atoms with Gasteiger partial charge in [-0.1, -0.05) is 54.6 Å². The summed E-state index contributed by atoms with van der Waals surface area (Å²) in [4.78, 5) is 11.5. The number of aromatic hydroxyl groups is 2. The van der Waals surface area contributed by atoms with Crippen molar-refractivity contribution in [1.29, 1.82) is 0 Å². The predicted molar refractivity (Wildman–Crippen MR) is 120 cm³/mol. The third-order valence-electron chi connectivity index (χ3n) is 5.37. The summed E-state index contributed by atoms with van der Waals surface area (Å²) in [6.45, 7) is 2.21. The van der Waals surface area contributed by atoms with Crippen LogP contribution in [-0.2, 0) is 16.0 Å². The average Bonchev–Trinajstić information content (AvgIpc) is 2.75. The molecule has 0 saturated heterocycles. The standard InChI is InChI=1S/C26H24O4/c1-2-30-24(29)9-5-6-17-10-13-21-19(16-17)12-15-23(28)26(21)25-20-8-4-3-7-18(20)11-14-22(25)27/h3-4,7-8,10-16,27-28H,2,5-6,9H2,1H3. The number of hydrogen-bond donors (Lipinski definition) is 2. The molecule has 4 nitrogen and oxygen atoms in total. The lowest BCUT2D eigenvalue weighted by atomic mass is 9.91. The predicted octanol–water partition coefficient (Wildman–Crippen LogP) is 5.96. The first-order valence-electron chi connectivity index (χ1n) is 10.2. The minimum atomic E-state index is -0.170. The fourth-order valence-electron chi connectivity index (χ4n) is 3.98. The van der Waals surface area contributed by atoms with Gasteiger partial charge in [0.05, 0.1) is 6.61 Å². The molecule has 30 heavy (non-hydrogen) atoms. The van der Waals surface area contributed by atoms with Gasteiger partial charge < -0.3 is 14.9 Å². The number of phenolic OH excluding ortho intramolecular Hbond substituents is 2. The second-order valence-corrected chi connectivity index (χ2v) is 7.35. The van der Waals surface area contributed by atoms with Crippen LogP contribution in [0.5, 0.6) is 11.5 Å². The van der Waals surface area contributed by atoms with E-state index in [2.05, 4.69) is 6.07 Å². The fourth-order valence-corrected chi connectivity index (χ4v) is 3.98. The van der Waals surface area contributed by atoms with Crippen LogP contribution in [-0.4, -0.2) is 22.8 Å². The van der Waals surface area contributed by atoms with Crippen molar-refractivity contribution in [2.75, 3.05) is 6.61 Å². The summed E-state index contributed by atoms with van der Waals surface area (Å²) in [5.41, 5.74) is 2.37. The summed E-state index contributed by atoms with van der Waals surface area (Å²) >= 11 is 0. The Morgan fingerprint density at radius 2 is 1.50 bits per heavy atom. The number of carbonyl (C=O) groups is 1. The van der Waals surface area contributed by atoms with Gasteiger partial charge in [-0.3, -0.25) is 4.79 Å². The Morgan fingerprint density at radius 3 is 2.23 bits per heavy atom. The summed E-state index contributed by atoms with van der Waals surface area (Å²) in [7, 11) is 0. The van der Waals surface area contributed by atoms with E-state index >= 15 is 0 Å². The number of ether oxygens (including phenoxy) is 1. The number of carbonyl (C=O) groups excluding carboxylic acids is 1. The summed E-state index contributed by atoms with van der Waals surface area (Å²) in [5.74, 6) is 0.0937. The van der Waals surface area contributed by atoms with E-state index in [1.54, 1.807) is 12.1 Å². The van der Waals surface area contributed by atoms with Crippen LogP contribution >= 0.6 is 0 Å². The molecule has 0 bridgehead atoms. The van der Waals surface area contributed by atoms with Gasteiger partial charge in [0.25, 0.3) is 0 Å². The van der Waals surface area contributed by atoms with Crippen LogP contribution < -0.4 is 0 Å². The lowest BCUT2D eigenvalue weighted by Gasteiger charge is -2.15. The van der Waals surface area contributed by atoms with E-state index < -0.39 is 0 Å². The molecular weight excluding hydrogens is 376 g/mol. The van der Waals surface area contributed by atoms with Crippen molar-refractivity contribution in [3.63, 3.8) is 0 Å². The Morgan fingerprint density at radius 1 is 0.833 bits per heavy atom. The molecule has 4 rings (SSSR count). The zero-order valence-electron chi connectivity index (χ0n) is 16.9. The molecule has 4 heteroatoms. The third-order valence-corrected chi connectivity index (χ3v) is 5.37. The second kappa shape index (κ2) is 8.46. The number of phenols is 2. The lowest BCUT2D eigenvalue weighted by molar-refractivity contribution is -0.143. The molecule has 2 N–H and O–H groups in total. The maximum Gasteiger partial charge on any atom is 0.305 e. The van der Waals surface area contributed by atoms with E-state index in [1.165, 1.54) is 0 Å². The van der Waals surface area contributed by atoms with E-state index in [-0.39, 0.29) is 17.5 Å². The van der Waals surface area contributed by atoms with Gasteiger partial charge in [0.1, 0.15) is 11.5 Å². The van der Waals surface area contributed by atoms with Crippen molar-refractivity contribution in [2.24, 2.45) is 0 Å². The molecule has 0 aliphatic heterocycles. The summed E-state index contributed by atoms with van der Waals surface area (Å²) in [5, 5.41) is 25.1. The molecule has 4 aromatic rings. The lowest BCUT2D eigenvalue weighted by Crippen LogP contribution is -2.04. The highest BCUT2D eigenvalue weighted by Gasteiger charge is 2.16. The molecule has 0 aliphatic carbocycles. The Labute approximate surface area is 175 Å². The molecule has 152 valence electrons. The normalized spacial score (nSPS) is 11.1. The third kappa shape index (κ3) is 3.81. The van der Waals surface area contributed by atoms with Crippen LogP contribution in [0.2, 0.25) is 0 Å². The molecule has 4 aromatic carbocycles. The monoisotopic (exact) mass is 400 g/mol.